The zero-order chi connectivity index (χ0) is 15.2. The first-order chi connectivity index (χ1) is 10.1. The first kappa shape index (κ1) is 16.0. The lowest BCUT2D eigenvalue weighted by Crippen LogP contribution is -2.50. The maximum Gasteiger partial charge on any atom is 0.240 e. The van der Waals surface area contributed by atoms with E-state index in [4.69, 9.17) is 0 Å². The van der Waals surface area contributed by atoms with Gasteiger partial charge in [-0.2, -0.15) is 0 Å². The number of carbonyl (C=O) groups is 1. The number of nitrogens with zero attached hydrogens (tertiary/aromatic N) is 2. The van der Waals surface area contributed by atoms with Gasteiger partial charge in [0.15, 0.2) is 0 Å². The summed E-state index contributed by atoms with van der Waals surface area (Å²) in [6, 6.07) is 5.96. The largest absolute Gasteiger partial charge is 0.336 e. The van der Waals surface area contributed by atoms with Gasteiger partial charge in [0.2, 0.25) is 5.91 Å². The van der Waals surface area contributed by atoms with Crippen molar-refractivity contribution in [1.29, 1.82) is 0 Å². The Morgan fingerprint density at radius 2 is 2.24 bits per heavy atom. The molecule has 0 aromatic carbocycles. The molecule has 1 aromatic rings. The number of amides is 1. The number of aryl methyl sites for hydroxylation is 1. The molecule has 1 fully saturated rings. The molecule has 1 N–H and O–H groups in total. The van der Waals surface area contributed by atoms with Crippen LogP contribution < -0.4 is 5.32 Å². The van der Waals surface area contributed by atoms with Gasteiger partial charge in [-0.3, -0.25) is 9.78 Å². The third kappa shape index (κ3) is 4.27. The first-order valence-electron chi connectivity index (χ1n) is 8.08. The molecule has 1 aliphatic heterocycles. The van der Waals surface area contributed by atoms with Crippen molar-refractivity contribution >= 4 is 5.91 Å². The molecule has 1 saturated heterocycles. The van der Waals surface area contributed by atoms with E-state index in [0.717, 1.165) is 37.3 Å². The van der Waals surface area contributed by atoms with Crippen LogP contribution in [-0.2, 0) is 11.3 Å². The van der Waals surface area contributed by atoms with Gasteiger partial charge >= 0.3 is 0 Å². The summed E-state index contributed by atoms with van der Waals surface area (Å²) < 4.78 is 0. The molecule has 0 aliphatic carbocycles. The van der Waals surface area contributed by atoms with E-state index < -0.39 is 0 Å². The molecule has 0 radical (unpaired) electrons. The van der Waals surface area contributed by atoms with Gasteiger partial charge < -0.3 is 10.2 Å². The van der Waals surface area contributed by atoms with E-state index >= 15 is 0 Å². The van der Waals surface area contributed by atoms with E-state index in [1.54, 1.807) is 0 Å². The van der Waals surface area contributed by atoms with Gasteiger partial charge in [0.1, 0.15) is 0 Å². The molecule has 0 saturated carbocycles. The topological polar surface area (TPSA) is 45.2 Å². The third-order valence-electron chi connectivity index (χ3n) is 4.38. The van der Waals surface area contributed by atoms with Crippen LogP contribution in [0.1, 0.15) is 44.5 Å². The molecule has 4 nitrogen and oxygen atoms in total. The zero-order valence-electron chi connectivity index (χ0n) is 13.4. The lowest BCUT2D eigenvalue weighted by atomic mass is 9.90. The average Bonchev–Trinajstić information content (AvgIpc) is 2.52. The second kappa shape index (κ2) is 7.55. The Balaban J connectivity index is 2.01. The average molecular weight is 289 g/mol. The molecule has 2 atom stereocenters. The van der Waals surface area contributed by atoms with Crippen molar-refractivity contribution in [2.75, 3.05) is 13.1 Å². The summed E-state index contributed by atoms with van der Waals surface area (Å²) in [5.41, 5.74) is 1.96. The molecule has 1 aliphatic rings. The molecular formula is C17H27N3O. The van der Waals surface area contributed by atoms with Crippen LogP contribution in [-0.4, -0.2) is 34.9 Å². The number of rotatable bonds is 5. The second-order valence-electron chi connectivity index (χ2n) is 5.93. The maximum absolute atomic E-state index is 12.7. The van der Waals surface area contributed by atoms with Gasteiger partial charge in [-0.15, -0.1) is 0 Å². The highest BCUT2D eigenvalue weighted by molar-refractivity contribution is 5.82. The van der Waals surface area contributed by atoms with Crippen LogP contribution in [0.3, 0.4) is 0 Å². The van der Waals surface area contributed by atoms with Gasteiger partial charge in [-0.05, 0) is 51.3 Å². The van der Waals surface area contributed by atoms with Crippen molar-refractivity contribution in [2.24, 2.45) is 5.92 Å². The summed E-state index contributed by atoms with van der Waals surface area (Å²) in [4.78, 5) is 19.1. The van der Waals surface area contributed by atoms with E-state index in [9.17, 15) is 4.79 Å². The minimum Gasteiger partial charge on any atom is -0.336 e. The third-order valence-corrected chi connectivity index (χ3v) is 4.38. The summed E-state index contributed by atoms with van der Waals surface area (Å²) >= 11 is 0. The van der Waals surface area contributed by atoms with E-state index in [1.807, 2.05) is 36.9 Å². The molecule has 1 aromatic heterocycles. The Hall–Kier alpha value is -1.42. The van der Waals surface area contributed by atoms with Crippen LogP contribution in [0.25, 0.3) is 0 Å². The van der Waals surface area contributed by atoms with Gasteiger partial charge in [-0.25, -0.2) is 0 Å². The Kier molecular flexibility index (Phi) is 5.74. The van der Waals surface area contributed by atoms with Gasteiger partial charge in [0.25, 0.3) is 0 Å². The van der Waals surface area contributed by atoms with Crippen molar-refractivity contribution in [1.82, 2.24) is 15.2 Å². The smallest absolute Gasteiger partial charge is 0.240 e. The molecule has 21 heavy (non-hydrogen) atoms. The van der Waals surface area contributed by atoms with E-state index in [0.29, 0.717) is 12.5 Å². The summed E-state index contributed by atoms with van der Waals surface area (Å²) in [5.74, 6) is 0.898. The van der Waals surface area contributed by atoms with Crippen LogP contribution in [0.15, 0.2) is 18.2 Å². The number of pyridine rings is 1. The van der Waals surface area contributed by atoms with E-state index in [-0.39, 0.29) is 11.9 Å². The Morgan fingerprint density at radius 3 is 2.90 bits per heavy atom. The van der Waals surface area contributed by atoms with Crippen molar-refractivity contribution in [3.63, 3.8) is 0 Å². The van der Waals surface area contributed by atoms with Crippen LogP contribution >= 0.6 is 0 Å². The highest BCUT2D eigenvalue weighted by atomic mass is 16.2. The number of likely N-dealkylation sites (N-methyl/N-ethyl adjacent to an activating group) is 1. The number of aromatic nitrogens is 1. The molecule has 1 amide bonds. The highest BCUT2D eigenvalue weighted by Crippen LogP contribution is 2.21. The van der Waals surface area contributed by atoms with Crippen LogP contribution in [0.5, 0.6) is 0 Å². The molecule has 2 heterocycles. The predicted octanol–water partition coefficient (Wildman–Crippen LogP) is 2.52. The van der Waals surface area contributed by atoms with Gasteiger partial charge in [-0.1, -0.05) is 19.4 Å². The fraction of sp³-hybridized carbons (Fsp3) is 0.647. The number of hydrogen-bond donors (Lipinski definition) is 1. The summed E-state index contributed by atoms with van der Waals surface area (Å²) in [5, 5.41) is 3.38. The molecule has 0 spiro atoms. The maximum atomic E-state index is 12.7. The molecule has 116 valence electrons. The number of piperidine rings is 1. The van der Waals surface area contributed by atoms with Crippen LogP contribution in [0, 0.1) is 12.8 Å². The zero-order valence-corrected chi connectivity index (χ0v) is 13.4. The SMILES string of the molecule is CCC1CCNC(C(=O)N(CC)Cc2cccc(C)n2)C1. The lowest BCUT2D eigenvalue weighted by molar-refractivity contribution is -0.135. The predicted molar refractivity (Wildman–Crippen MR) is 84.9 cm³/mol. The summed E-state index contributed by atoms with van der Waals surface area (Å²) in [6.07, 6.45) is 3.32. The molecule has 2 unspecified atom stereocenters. The molecular weight excluding hydrogens is 262 g/mol. The number of hydrogen-bond acceptors (Lipinski definition) is 3. The minimum absolute atomic E-state index is 0.0199. The highest BCUT2D eigenvalue weighted by Gasteiger charge is 2.28. The quantitative estimate of drug-likeness (QED) is 0.906. The fourth-order valence-electron chi connectivity index (χ4n) is 3.00. The number of carbonyl (C=O) groups excluding carboxylic acids is 1. The van der Waals surface area contributed by atoms with Crippen molar-refractivity contribution < 1.29 is 4.79 Å². The summed E-state index contributed by atoms with van der Waals surface area (Å²) in [6.45, 7) is 8.51. The van der Waals surface area contributed by atoms with Gasteiger partial charge in [0.05, 0.1) is 18.3 Å². The molecule has 0 bridgehead atoms. The first-order valence-corrected chi connectivity index (χ1v) is 8.08. The normalized spacial score (nSPS) is 22.0. The Labute approximate surface area is 127 Å². The fourth-order valence-corrected chi connectivity index (χ4v) is 3.00. The molecule has 2 rings (SSSR count). The van der Waals surface area contributed by atoms with Crippen molar-refractivity contribution in [2.45, 2.75) is 52.6 Å². The lowest BCUT2D eigenvalue weighted by Gasteiger charge is -2.32. The van der Waals surface area contributed by atoms with Gasteiger partial charge in [0, 0.05) is 12.2 Å². The molecule has 4 heteroatoms. The number of nitrogens with one attached hydrogen (secondary N) is 1. The Bertz CT molecular complexity index is 475. The summed E-state index contributed by atoms with van der Waals surface area (Å²) in [7, 11) is 0. The van der Waals surface area contributed by atoms with E-state index in [1.165, 1.54) is 6.42 Å². The van der Waals surface area contributed by atoms with Crippen molar-refractivity contribution in [3.05, 3.63) is 29.6 Å². The van der Waals surface area contributed by atoms with Crippen LogP contribution in [0.2, 0.25) is 0 Å². The van der Waals surface area contributed by atoms with Crippen molar-refractivity contribution in [3.8, 4) is 0 Å². The minimum atomic E-state index is -0.0199. The Morgan fingerprint density at radius 1 is 1.43 bits per heavy atom. The second-order valence-corrected chi connectivity index (χ2v) is 5.93. The van der Waals surface area contributed by atoms with Crippen LogP contribution in [0.4, 0.5) is 0 Å². The monoisotopic (exact) mass is 289 g/mol. The van der Waals surface area contributed by atoms with E-state index in [2.05, 4.69) is 17.2 Å². The standard InChI is InChI=1S/C17H27N3O/c1-4-14-9-10-18-16(11-14)17(21)20(5-2)12-15-8-6-7-13(3)19-15/h6-8,14,16,18H,4-5,9-12H2,1-3H3.